The highest BCUT2D eigenvalue weighted by molar-refractivity contribution is 6.09. The van der Waals surface area contributed by atoms with Crippen molar-refractivity contribution in [1.29, 1.82) is 0 Å². The number of ketones is 1. The van der Waals surface area contributed by atoms with Gasteiger partial charge in [0, 0.05) is 11.3 Å². The summed E-state index contributed by atoms with van der Waals surface area (Å²) in [6, 6.07) is 10.8. The molecule has 0 amide bonds. The molecule has 0 saturated carbocycles. The van der Waals surface area contributed by atoms with Gasteiger partial charge in [-0.3, -0.25) is 4.79 Å². The van der Waals surface area contributed by atoms with Gasteiger partial charge in [-0.15, -0.1) is 0 Å². The van der Waals surface area contributed by atoms with Crippen LogP contribution < -0.4 is 5.32 Å². The predicted molar refractivity (Wildman–Crippen MR) is 79.3 cm³/mol. The van der Waals surface area contributed by atoms with Gasteiger partial charge in [0.25, 0.3) is 0 Å². The van der Waals surface area contributed by atoms with Crippen LogP contribution in [0.2, 0.25) is 0 Å². The molecule has 1 aliphatic carbocycles. The third kappa shape index (κ3) is 2.92. The predicted octanol–water partition coefficient (Wildman–Crippen LogP) is 4.50. The monoisotopic (exact) mass is 319 g/mol. The average Bonchev–Trinajstić information content (AvgIpc) is 2.52. The van der Waals surface area contributed by atoms with E-state index in [0.29, 0.717) is 11.1 Å². The number of aliphatic hydroxyl groups excluding tert-OH is 1. The van der Waals surface area contributed by atoms with Gasteiger partial charge in [0.2, 0.25) is 5.78 Å². The lowest BCUT2D eigenvalue weighted by atomic mass is 9.91. The molecular formula is C17H12F3NO2. The molecule has 118 valence electrons. The number of benzene rings is 2. The van der Waals surface area contributed by atoms with Crippen LogP contribution in [0.1, 0.15) is 27.5 Å². The molecule has 1 aliphatic rings. The van der Waals surface area contributed by atoms with Crippen molar-refractivity contribution >= 4 is 11.5 Å². The summed E-state index contributed by atoms with van der Waals surface area (Å²) in [6.07, 6.45) is -3.14. The van der Waals surface area contributed by atoms with E-state index in [1.165, 1.54) is 18.2 Å². The summed E-state index contributed by atoms with van der Waals surface area (Å²) in [4.78, 5) is 11.9. The summed E-state index contributed by atoms with van der Waals surface area (Å²) in [5, 5.41) is 12.7. The number of rotatable bonds is 2. The minimum absolute atomic E-state index is 0.248. The van der Waals surface area contributed by atoms with Crippen LogP contribution in [-0.2, 0) is 6.18 Å². The second-order valence-electron chi connectivity index (χ2n) is 5.17. The van der Waals surface area contributed by atoms with E-state index in [4.69, 9.17) is 0 Å². The quantitative estimate of drug-likeness (QED) is 0.857. The Morgan fingerprint density at radius 2 is 1.78 bits per heavy atom. The van der Waals surface area contributed by atoms with Crippen LogP contribution in [0, 0.1) is 0 Å². The van der Waals surface area contributed by atoms with E-state index in [2.05, 4.69) is 5.32 Å². The first-order chi connectivity index (χ1) is 10.9. The molecule has 0 radical (unpaired) electrons. The number of fused-ring (bicyclic) bond motifs is 1. The van der Waals surface area contributed by atoms with Crippen LogP contribution in [-0.4, -0.2) is 10.9 Å². The lowest BCUT2D eigenvalue weighted by Gasteiger charge is -2.23. The fraction of sp³-hybridized carbons (Fsp3) is 0.118. The Morgan fingerprint density at radius 1 is 1.04 bits per heavy atom. The van der Waals surface area contributed by atoms with E-state index in [1.807, 2.05) is 0 Å². The molecule has 3 rings (SSSR count). The van der Waals surface area contributed by atoms with Gasteiger partial charge in [0.1, 0.15) is 0 Å². The third-order valence-electron chi connectivity index (χ3n) is 3.61. The van der Waals surface area contributed by atoms with Crippen LogP contribution in [0.15, 0.2) is 60.4 Å². The maximum absolute atomic E-state index is 12.8. The van der Waals surface area contributed by atoms with Crippen molar-refractivity contribution in [2.24, 2.45) is 0 Å². The molecule has 0 heterocycles. The fourth-order valence-electron chi connectivity index (χ4n) is 2.52. The van der Waals surface area contributed by atoms with Crippen LogP contribution in [0.3, 0.4) is 0 Å². The molecule has 3 nitrogen and oxygen atoms in total. The number of hydrogen-bond donors (Lipinski definition) is 2. The van der Waals surface area contributed by atoms with Crippen LogP contribution >= 0.6 is 0 Å². The number of aliphatic hydroxyl groups is 1. The van der Waals surface area contributed by atoms with Crippen molar-refractivity contribution in [3.63, 3.8) is 0 Å². The smallest absolute Gasteiger partial charge is 0.416 e. The second-order valence-corrected chi connectivity index (χ2v) is 5.17. The number of carbonyl (C=O) groups excluding carboxylic acids is 1. The molecular weight excluding hydrogens is 307 g/mol. The van der Waals surface area contributed by atoms with E-state index in [0.717, 1.165) is 12.1 Å². The van der Waals surface area contributed by atoms with Crippen molar-refractivity contribution < 1.29 is 23.1 Å². The second kappa shape index (κ2) is 5.46. The van der Waals surface area contributed by atoms with Gasteiger partial charge in [0.05, 0.1) is 11.6 Å². The average molecular weight is 319 g/mol. The van der Waals surface area contributed by atoms with Crippen LogP contribution in [0.4, 0.5) is 18.9 Å². The molecule has 0 fully saturated rings. The van der Waals surface area contributed by atoms with Gasteiger partial charge in [-0.2, -0.15) is 13.2 Å². The normalized spacial score (nSPS) is 17.4. The molecule has 0 aliphatic heterocycles. The number of allylic oxidation sites excluding steroid dienone is 1. The third-order valence-corrected chi connectivity index (χ3v) is 3.61. The molecule has 0 bridgehead atoms. The number of halogens is 3. The SMILES string of the molecule is O=C1C(O)=CC(Nc2cccc(C(F)(F)F)c2)c2ccccc21. The number of carbonyl (C=O) groups is 1. The minimum Gasteiger partial charge on any atom is -0.504 e. The van der Waals surface area contributed by atoms with E-state index >= 15 is 0 Å². The van der Waals surface area contributed by atoms with E-state index in [-0.39, 0.29) is 5.69 Å². The van der Waals surface area contributed by atoms with Crippen molar-refractivity contribution in [3.8, 4) is 0 Å². The van der Waals surface area contributed by atoms with E-state index in [9.17, 15) is 23.1 Å². The van der Waals surface area contributed by atoms with Gasteiger partial charge in [-0.25, -0.2) is 0 Å². The van der Waals surface area contributed by atoms with Crippen molar-refractivity contribution in [2.45, 2.75) is 12.2 Å². The molecule has 0 aromatic heterocycles. The summed E-state index contributed by atoms with van der Waals surface area (Å²) in [6.45, 7) is 0. The first kappa shape index (κ1) is 15.1. The minimum atomic E-state index is -4.43. The van der Waals surface area contributed by atoms with Crippen LogP contribution in [0.5, 0.6) is 0 Å². The Hall–Kier alpha value is -2.76. The topological polar surface area (TPSA) is 49.3 Å². The van der Waals surface area contributed by atoms with Crippen molar-refractivity contribution in [1.82, 2.24) is 0 Å². The first-order valence-corrected chi connectivity index (χ1v) is 6.84. The maximum atomic E-state index is 12.8. The molecule has 23 heavy (non-hydrogen) atoms. The number of Topliss-reactive ketones (excluding diaryl/α,β-unsaturated/α-hetero) is 1. The molecule has 2 N–H and O–H groups in total. The molecule has 0 saturated heterocycles. The number of anilines is 1. The van der Waals surface area contributed by atoms with Gasteiger partial charge in [-0.05, 0) is 29.8 Å². The number of alkyl halides is 3. The largest absolute Gasteiger partial charge is 0.504 e. The number of hydrogen-bond acceptors (Lipinski definition) is 3. The van der Waals surface area contributed by atoms with Gasteiger partial charge in [-0.1, -0.05) is 30.3 Å². The Morgan fingerprint density at radius 3 is 2.52 bits per heavy atom. The summed E-state index contributed by atoms with van der Waals surface area (Å²) in [5.41, 5.74) is 0.415. The Labute approximate surface area is 130 Å². The van der Waals surface area contributed by atoms with E-state index in [1.54, 1.807) is 24.3 Å². The fourth-order valence-corrected chi connectivity index (χ4v) is 2.52. The summed E-state index contributed by atoms with van der Waals surface area (Å²) >= 11 is 0. The Balaban J connectivity index is 1.96. The highest BCUT2D eigenvalue weighted by Crippen LogP contribution is 2.33. The maximum Gasteiger partial charge on any atom is 0.416 e. The molecule has 1 atom stereocenters. The molecule has 1 unspecified atom stereocenters. The zero-order valence-electron chi connectivity index (χ0n) is 11.8. The molecule has 2 aromatic carbocycles. The first-order valence-electron chi connectivity index (χ1n) is 6.84. The van der Waals surface area contributed by atoms with Crippen molar-refractivity contribution in [3.05, 3.63) is 77.1 Å². The number of nitrogens with one attached hydrogen (secondary N) is 1. The van der Waals surface area contributed by atoms with E-state index < -0.39 is 29.3 Å². The molecule has 2 aromatic rings. The lowest BCUT2D eigenvalue weighted by molar-refractivity contribution is -0.137. The van der Waals surface area contributed by atoms with Crippen molar-refractivity contribution in [2.75, 3.05) is 5.32 Å². The van der Waals surface area contributed by atoms with Crippen LogP contribution in [0.25, 0.3) is 0 Å². The molecule has 0 spiro atoms. The highest BCUT2D eigenvalue weighted by atomic mass is 19.4. The van der Waals surface area contributed by atoms with Gasteiger partial charge < -0.3 is 10.4 Å². The molecule has 6 heteroatoms. The zero-order valence-corrected chi connectivity index (χ0v) is 11.8. The van der Waals surface area contributed by atoms with Gasteiger partial charge in [0.15, 0.2) is 5.76 Å². The summed E-state index contributed by atoms with van der Waals surface area (Å²) < 4.78 is 38.3. The van der Waals surface area contributed by atoms with Gasteiger partial charge >= 0.3 is 6.18 Å². The summed E-state index contributed by atoms with van der Waals surface area (Å²) in [7, 11) is 0. The standard InChI is InChI=1S/C17H12F3NO2/c18-17(19,20)10-4-3-5-11(8-10)21-14-9-15(22)16(23)13-7-2-1-6-12(13)14/h1-9,14,21-22H. The Kier molecular flexibility index (Phi) is 3.60. The lowest BCUT2D eigenvalue weighted by Crippen LogP contribution is -2.20. The Bertz CT molecular complexity index is 796. The summed E-state index contributed by atoms with van der Waals surface area (Å²) in [5.74, 6) is -0.920. The highest BCUT2D eigenvalue weighted by Gasteiger charge is 2.31. The zero-order chi connectivity index (χ0) is 16.6.